The van der Waals surface area contributed by atoms with Crippen LogP contribution in [0.4, 0.5) is 57.5 Å². The van der Waals surface area contributed by atoms with Gasteiger partial charge >= 0.3 is 73.1 Å². The first-order valence-electron chi connectivity index (χ1n) is 7.47. The molecule has 2 nitrogen and oxygen atoms in total. The van der Waals surface area contributed by atoms with Crippen LogP contribution < -0.4 is 4.90 Å². The number of para-hydroxylation sites is 1. The number of piperazine rings is 1. The predicted molar refractivity (Wildman–Crippen MR) is 93.9 cm³/mol. The third-order valence-electron chi connectivity index (χ3n) is 2.62. The minimum atomic E-state index is -6.00. The summed E-state index contributed by atoms with van der Waals surface area (Å²) in [7, 11) is -15.8. The van der Waals surface area contributed by atoms with E-state index in [1.54, 1.807) is 0 Å². The van der Waals surface area contributed by atoms with Crippen molar-refractivity contribution in [2.24, 2.45) is 0 Å². The average Bonchev–Trinajstić information content (AvgIpc) is 2.44. The van der Waals surface area contributed by atoms with Crippen molar-refractivity contribution in [2.45, 2.75) is 0 Å². The Bertz CT molecular complexity index is 460. The van der Waals surface area contributed by atoms with Crippen LogP contribution >= 0.6 is 0 Å². The molecular weight excluding hydrogens is 460 g/mol. The Morgan fingerprint density at radius 3 is 1.14 bits per heavy atom. The summed E-state index contributed by atoms with van der Waals surface area (Å²) in [5.74, 6) is 0. The van der Waals surface area contributed by atoms with Crippen LogP contribution in [-0.4, -0.2) is 111 Å². The molecule has 2 rings (SSSR count). The SMILES string of the molecule is CN1CCN(c2ccccc2)CC1.F[B-](F)(F)F.F[B-](F)(F)F.F[B-](F)(F)F.[KH]. The van der Waals surface area contributed by atoms with E-state index >= 15 is 0 Å². The molecule has 1 aliphatic heterocycles. The van der Waals surface area contributed by atoms with Gasteiger partial charge in [0.25, 0.3) is 0 Å². The summed E-state index contributed by atoms with van der Waals surface area (Å²) in [6.07, 6.45) is 0. The topological polar surface area (TPSA) is 6.48 Å². The molecule has 1 aromatic rings. The Morgan fingerprint density at radius 1 is 0.586 bits per heavy atom. The number of rotatable bonds is 1. The second-order valence-electron chi connectivity index (χ2n) is 5.11. The van der Waals surface area contributed by atoms with Gasteiger partial charge in [0.15, 0.2) is 0 Å². The Morgan fingerprint density at radius 2 is 0.862 bits per heavy atom. The van der Waals surface area contributed by atoms with Gasteiger partial charge in [0.2, 0.25) is 0 Å². The normalized spacial score (nSPS) is 14.7. The summed E-state index contributed by atoms with van der Waals surface area (Å²) in [5, 5.41) is 0. The van der Waals surface area contributed by atoms with Gasteiger partial charge in [-0.05, 0) is 19.2 Å². The number of hydrogen-bond donors (Lipinski definition) is 0. The van der Waals surface area contributed by atoms with Gasteiger partial charge in [-0.2, -0.15) is 0 Å². The van der Waals surface area contributed by atoms with E-state index in [1.807, 2.05) is 0 Å². The summed E-state index contributed by atoms with van der Waals surface area (Å²) in [5.41, 5.74) is 1.36. The molecule has 18 heteroatoms. The van der Waals surface area contributed by atoms with Crippen LogP contribution in [-0.2, 0) is 0 Å². The van der Waals surface area contributed by atoms with E-state index in [0.29, 0.717) is 0 Å². The van der Waals surface area contributed by atoms with Crippen LogP contribution in [0.25, 0.3) is 0 Å². The van der Waals surface area contributed by atoms with Gasteiger partial charge in [-0.15, -0.1) is 0 Å². The molecule has 1 saturated heterocycles. The maximum absolute atomic E-state index is 9.75. The molecular formula is C11H17B3F12KN2-3. The van der Waals surface area contributed by atoms with E-state index in [-0.39, 0.29) is 51.4 Å². The van der Waals surface area contributed by atoms with Crippen molar-refractivity contribution in [2.75, 3.05) is 38.1 Å². The zero-order valence-corrected chi connectivity index (χ0v) is 14.4. The molecule has 1 aromatic carbocycles. The van der Waals surface area contributed by atoms with Crippen molar-refractivity contribution in [1.29, 1.82) is 0 Å². The van der Waals surface area contributed by atoms with Crippen LogP contribution in [0, 0.1) is 0 Å². The predicted octanol–water partition coefficient (Wildman–Crippen LogP) is 4.69. The monoisotopic (exact) mass is 477 g/mol. The first-order valence-corrected chi connectivity index (χ1v) is 7.47. The van der Waals surface area contributed by atoms with E-state index < -0.39 is 21.8 Å². The number of benzene rings is 1. The van der Waals surface area contributed by atoms with Crippen LogP contribution in [0.1, 0.15) is 0 Å². The number of nitrogens with zero attached hydrogens (tertiary/aromatic N) is 2. The van der Waals surface area contributed by atoms with Crippen LogP contribution in [0.15, 0.2) is 30.3 Å². The van der Waals surface area contributed by atoms with E-state index in [1.165, 1.54) is 18.8 Å². The fourth-order valence-corrected chi connectivity index (χ4v) is 1.70. The molecule has 0 bridgehead atoms. The fraction of sp³-hybridized carbons (Fsp3) is 0.455. The van der Waals surface area contributed by atoms with Crippen LogP contribution in [0.5, 0.6) is 0 Å². The molecule has 0 aromatic heterocycles. The molecule has 1 fully saturated rings. The molecule has 0 aliphatic carbocycles. The third kappa shape index (κ3) is 39.1. The summed E-state index contributed by atoms with van der Waals surface area (Å²) in [4.78, 5) is 4.82. The molecule has 0 saturated carbocycles. The molecule has 168 valence electrons. The van der Waals surface area contributed by atoms with Crippen molar-refractivity contribution in [3.05, 3.63) is 30.3 Å². The van der Waals surface area contributed by atoms with Crippen molar-refractivity contribution >= 4 is 78.8 Å². The number of hydrogen-bond acceptors (Lipinski definition) is 2. The summed E-state index contributed by atoms with van der Waals surface area (Å²) < 4.78 is 117. The van der Waals surface area contributed by atoms with Crippen molar-refractivity contribution < 1.29 is 51.8 Å². The van der Waals surface area contributed by atoms with Gasteiger partial charge in [0.05, 0.1) is 0 Å². The van der Waals surface area contributed by atoms with Gasteiger partial charge in [0.1, 0.15) is 0 Å². The van der Waals surface area contributed by atoms with Crippen molar-refractivity contribution in [3.8, 4) is 0 Å². The quantitative estimate of drug-likeness (QED) is 0.429. The van der Waals surface area contributed by atoms with Gasteiger partial charge in [-0.1, -0.05) is 18.2 Å². The second kappa shape index (κ2) is 15.7. The number of halogens is 12. The third-order valence-corrected chi connectivity index (χ3v) is 2.62. The standard InChI is InChI=1S/C11H16N2.3BF4.K.H/c1-12-7-9-13(10-8-12)11-5-3-2-4-6-11;3*2-1(3,4)5;;/h2-6H,7-10H2,1H3;;;;;/q;3*-1;;. The molecule has 0 amide bonds. The summed E-state index contributed by atoms with van der Waals surface area (Å²) in [6.45, 7) is 4.66. The maximum atomic E-state index is 9.75. The average molecular weight is 477 g/mol. The van der Waals surface area contributed by atoms with Crippen LogP contribution in [0.2, 0.25) is 0 Å². The van der Waals surface area contributed by atoms with Gasteiger partial charge < -0.3 is 61.6 Å². The Hall–Kier alpha value is -0.0288. The van der Waals surface area contributed by atoms with Gasteiger partial charge in [0, 0.05) is 31.9 Å². The first-order chi connectivity index (χ1) is 12.4. The fourth-order valence-electron chi connectivity index (χ4n) is 1.70. The van der Waals surface area contributed by atoms with Gasteiger partial charge in [-0.25, -0.2) is 0 Å². The van der Waals surface area contributed by atoms with Gasteiger partial charge in [-0.3, -0.25) is 0 Å². The molecule has 0 N–H and O–H groups in total. The molecule has 0 spiro atoms. The number of likely N-dealkylation sites (N-methyl/N-ethyl adjacent to an activating group) is 1. The van der Waals surface area contributed by atoms with Crippen molar-refractivity contribution in [1.82, 2.24) is 4.90 Å². The van der Waals surface area contributed by atoms with E-state index in [9.17, 15) is 51.8 Å². The molecule has 1 heterocycles. The first kappa shape index (κ1) is 33.6. The molecule has 0 radical (unpaired) electrons. The molecule has 1 aliphatic rings. The second-order valence-corrected chi connectivity index (χ2v) is 5.11. The molecule has 29 heavy (non-hydrogen) atoms. The Balaban J connectivity index is -0.000000357. The van der Waals surface area contributed by atoms with Crippen LogP contribution in [0.3, 0.4) is 0 Å². The summed E-state index contributed by atoms with van der Waals surface area (Å²) >= 11 is 0. The minimum absolute atomic E-state index is 0. The Kier molecular flexibility index (Phi) is 18.2. The van der Waals surface area contributed by atoms with Crippen molar-refractivity contribution in [3.63, 3.8) is 0 Å². The van der Waals surface area contributed by atoms with E-state index in [4.69, 9.17) is 0 Å². The zero-order valence-electron chi connectivity index (χ0n) is 14.4. The molecule has 0 atom stereocenters. The summed E-state index contributed by atoms with van der Waals surface area (Å²) in [6, 6.07) is 10.7. The molecule has 0 unspecified atom stereocenters. The Labute approximate surface area is 202 Å². The number of anilines is 1. The zero-order chi connectivity index (χ0) is 22.6. The van der Waals surface area contributed by atoms with E-state index in [2.05, 4.69) is 47.2 Å². The van der Waals surface area contributed by atoms with E-state index in [0.717, 1.165) is 13.1 Å².